The number of hydrogen-bond acceptors (Lipinski definition) is 2. The number of nitrogens with one attached hydrogen (secondary N) is 1. The minimum atomic E-state index is -0.841. The molecule has 0 saturated heterocycles. The maximum absolute atomic E-state index is 13.1. The first-order valence-electron chi connectivity index (χ1n) is 6.85. The van der Waals surface area contributed by atoms with Crippen LogP contribution in [0.2, 0.25) is 0 Å². The van der Waals surface area contributed by atoms with Gasteiger partial charge >= 0.3 is 0 Å². The van der Waals surface area contributed by atoms with Gasteiger partial charge in [-0.05, 0) is 30.5 Å². The Morgan fingerprint density at radius 3 is 2.32 bits per heavy atom. The molecule has 0 aromatic heterocycles. The Morgan fingerprint density at radius 2 is 1.79 bits per heavy atom. The fourth-order valence-corrected chi connectivity index (χ4v) is 2.20. The van der Waals surface area contributed by atoms with Gasteiger partial charge in [-0.2, -0.15) is 0 Å². The zero-order chi connectivity index (χ0) is 14.4. The summed E-state index contributed by atoms with van der Waals surface area (Å²) in [5.74, 6) is -1.41. The largest absolute Gasteiger partial charge is 0.392 e. The van der Waals surface area contributed by atoms with Crippen LogP contribution in [0.1, 0.15) is 45.2 Å². The Kier molecular flexibility index (Phi) is 6.38. The highest BCUT2D eigenvalue weighted by molar-refractivity contribution is 5.20. The van der Waals surface area contributed by atoms with Gasteiger partial charge in [0.2, 0.25) is 0 Å². The summed E-state index contributed by atoms with van der Waals surface area (Å²) in [5.41, 5.74) is 0.677. The first kappa shape index (κ1) is 16.1. The number of halogens is 2. The molecule has 0 spiro atoms. The summed E-state index contributed by atoms with van der Waals surface area (Å²) in [7, 11) is 0. The van der Waals surface area contributed by atoms with Crippen molar-refractivity contribution in [3.8, 4) is 0 Å². The van der Waals surface area contributed by atoms with Crippen LogP contribution >= 0.6 is 0 Å². The molecule has 1 rings (SSSR count). The van der Waals surface area contributed by atoms with E-state index in [0.29, 0.717) is 12.1 Å². The summed E-state index contributed by atoms with van der Waals surface area (Å²) in [6.07, 6.45) is 1.44. The average Bonchev–Trinajstić information content (AvgIpc) is 2.40. The fraction of sp³-hybridized carbons (Fsp3) is 0.600. The van der Waals surface area contributed by atoms with Gasteiger partial charge in [-0.15, -0.1) is 0 Å². The SMILES string of the molecule is CCC(CC)C(O)CNC(C)c1ccc(F)c(F)c1. The molecule has 19 heavy (non-hydrogen) atoms. The molecule has 108 valence electrons. The van der Waals surface area contributed by atoms with Crippen molar-refractivity contribution in [1.29, 1.82) is 0 Å². The molecule has 0 amide bonds. The Morgan fingerprint density at radius 1 is 1.16 bits per heavy atom. The second kappa shape index (κ2) is 7.56. The number of aliphatic hydroxyl groups is 1. The maximum Gasteiger partial charge on any atom is 0.159 e. The molecule has 0 aliphatic carbocycles. The smallest absolute Gasteiger partial charge is 0.159 e. The molecule has 2 N–H and O–H groups in total. The van der Waals surface area contributed by atoms with E-state index in [9.17, 15) is 13.9 Å². The van der Waals surface area contributed by atoms with Crippen LogP contribution in [0.3, 0.4) is 0 Å². The molecule has 2 nitrogen and oxygen atoms in total. The summed E-state index contributed by atoms with van der Waals surface area (Å²) < 4.78 is 26.0. The van der Waals surface area contributed by atoms with Crippen LogP contribution in [-0.4, -0.2) is 17.8 Å². The molecule has 0 bridgehead atoms. The monoisotopic (exact) mass is 271 g/mol. The second-order valence-corrected chi connectivity index (χ2v) is 4.95. The van der Waals surface area contributed by atoms with E-state index in [-0.39, 0.29) is 12.0 Å². The van der Waals surface area contributed by atoms with E-state index in [1.807, 2.05) is 6.92 Å². The summed E-state index contributed by atoms with van der Waals surface area (Å²) in [6, 6.07) is 3.75. The van der Waals surface area contributed by atoms with Crippen molar-refractivity contribution in [2.24, 2.45) is 5.92 Å². The Labute approximate surface area is 113 Å². The van der Waals surface area contributed by atoms with Gasteiger partial charge in [-0.1, -0.05) is 32.8 Å². The number of benzene rings is 1. The first-order chi connectivity index (χ1) is 8.99. The number of hydrogen-bond donors (Lipinski definition) is 2. The van der Waals surface area contributed by atoms with E-state index in [1.54, 1.807) is 6.07 Å². The lowest BCUT2D eigenvalue weighted by atomic mass is 9.96. The van der Waals surface area contributed by atoms with Crippen molar-refractivity contribution in [2.45, 2.75) is 45.8 Å². The third kappa shape index (κ3) is 4.55. The molecule has 1 aromatic rings. The topological polar surface area (TPSA) is 32.3 Å². The molecule has 2 atom stereocenters. The predicted octanol–water partition coefficient (Wildman–Crippen LogP) is 3.41. The van der Waals surface area contributed by atoms with Gasteiger partial charge in [0.05, 0.1) is 6.10 Å². The predicted molar refractivity (Wildman–Crippen MR) is 72.9 cm³/mol. The van der Waals surface area contributed by atoms with E-state index in [1.165, 1.54) is 6.07 Å². The van der Waals surface area contributed by atoms with Crippen molar-refractivity contribution in [2.75, 3.05) is 6.54 Å². The normalized spacial score (nSPS) is 14.7. The highest BCUT2D eigenvalue weighted by Crippen LogP contribution is 2.17. The zero-order valence-corrected chi connectivity index (χ0v) is 11.8. The van der Waals surface area contributed by atoms with E-state index in [4.69, 9.17) is 0 Å². The molecule has 0 aliphatic rings. The minimum Gasteiger partial charge on any atom is -0.392 e. The van der Waals surface area contributed by atoms with Crippen molar-refractivity contribution < 1.29 is 13.9 Å². The third-order valence-electron chi connectivity index (χ3n) is 3.67. The van der Waals surface area contributed by atoms with Crippen LogP contribution in [0.4, 0.5) is 8.78 Å². The van der Waals surface area contributed by atoms with Crippen molar-refractivity contribution in [3.63, 3.8) is 0 Å². The standard InChI is InChI=1S/C15H23F2NO/c1-4-11(5-2)15(19)9-18-10(3)12-6-7-13(16)14(17)8-12/h6-8,10-11,15,18-19H,4-5,9H2,1-3H3. The van der Waals surface area contributed by atoms with Gasteiger partial charge in [0.15, 0.2) is 11.6 Å². The molecular formula is C15H23F2NO. The Hall–Kier alpha value is -1.00. The lowest BCUT2D eigenvalue weighted by Gasteiger charge is -2.23. The maximum atomic E-state index is 13.1. The molecule has 2 unspecified atom stereocenters. The molecular weight excluding hydrogens is 248 g/mol. The summed E-state index contributed by atoms with van der Waals surface area (Å²) in [5, 5.41) is 13.2. The highest BCUT2D eigenvalue weighted by atomic mass is 19.2. The molecule has 4 heteroatoms. The second-order valence-electron chi connectivity index (χ2n) is 4.95. The van der Waals surface area contributed by atoms with Gasteiger partial charge in [-0.3, -0.25) is 0 Å². The molecule has 0 fully saturated rings. The van der Waals surface area contributed by atoms with Crippen LogP contribution in [0.25, 0.3) is 0 Å². The van der Waals surface area contributed by atoms with Crippen molar-refractivity contribution >= 4 is 0 Å². The summed E-state index contributed by atoms with van der Waals surface area (Å²) in [4.78, 5) is 0. The average molecular weight is 271 g/mol. The number of aliphatic hydroxyl groups excluding tert-OH is 1. The third-order valence-corrected chi connectivity index (χ3v) is 3.67. The fourth-order valence-electron chi connectivity index (χ4n) is 2.20. The van der Waals surface area contributed by atoms with Crippen molar-refractivity contribution in [1.82, 2.24) is 5.32 Å². The zero-order valence-electron chi connectivity index (χ0n) is 11.8. The van der Waals surface area contributed by atoms with E-state index in [0.717, 1.165) is 18.9 Å². The lowest BCUT2D eigenvalue weighted by molar-refractivity contribution is 0.0989. The number of rotatable bonds is 7. The van der Waals surface area contributed by atoms with Gasteiger partial charge in [0.1, 0.15) is 0 Å². The Bertz CT molecular complexity index is 394. The molecule has 0 saturated carbocycles. The van der Waals surface area contributed by atoms with Crippen LogP contribution in [0.15, 0.2) is 18.2 Å². The van der Waals surface area contributed by atoms with Crippen LogP contribution in [0.5, 0.6) is 0 Å². The minimum absolute atomic E-state index is 0.126. The van der Waals surface area contributed by atoms with E-state index >= 15 is 0 Å². The first-order valence-corrected chi connectivity index (χ1v) is 6.85. The molecule has 0 aliphatic heterocycles. The van der Waals surface area contributed by atoms with Gasteiger partial charge in [-0.25, -0.2) is 8.78 Å². The summed E-state index contributed by atoms with van der Waals surface area (Å²) >= 11 is 0. The highest BCUT2D eigenvalue weighted by Gasteiger charge is 2.16. The van der Waals surface area contributed by atoms with Crippen LogP contribution in [-0.2, 0) is 0 Å². The van der Waals surface area contributed by atoms with Gasteiger partial charge in [0, 0.05) is 12.6 Å². The molecule has 0 heterocycles. The quantitative estimate of drug-likeness (QED) is 0.796. The summed E-state index contributed by atoms with van der Waals surface area (Å²) in [6.45, 7) is 6.42. The molecule has 1 aromatic carbocycles. The Balaban J connectivity index is 2.55. The van der Waals surface area contributed by atoms with Gasteiger partial charge < -0.3 is 10.4 Å². The molecule has 0 radical (unpaired) electrons. The lowest BCUT2D eigenvalue weighted by Crippen LogP contribution is -2.34. The van der Waals surface area contributed by atoms with Crippen LogP contribution < -0.4 is 5.32 Å². The van der Waals surface area contributed by atoms with E-state index < -0.39 is 17.7 Å². The van der Waals surface area contributed by atoms with Gasteiger partial charge in [0.25, 0.3) is 0 Å². The van der Waals surface area contributed by atoms with E-state index in [2.05, 4.69) is 19.2 Å². The van der Waals surface area contributed by atoms with Crippen molar-refractivity contribution in [3.05, 3.63) is 35.4 Å². The van der Waals surface area contributed by atoms with Crippen LogP contribution in [0, 0.1) is 17.6 Å².